The molecule has 0 saturated carbocycles. The number of rotatable bonds is 24. The van der Waals surface area contributed by atoms with E-state index in [4.69, 9.17) is 28.4 Å². The Hall–Kier alpha value is -2.28. The molecule has 7 rings (SSSR count). The molecule has 7 aromatic rings. The molecule has 3 heterocycles. The Morgan fingerprint density at radius 2 is 0.569 bits per heavy atom. The Labute approximate surface area is 318 Å². The second-order valence-electron chi connectivity index (χ2n) is 13.7. The van der Waals surface area contributed by atoms with E-state index in [1.54, 1.807) is 0 Å². The third kappa shape index (κ3) is 6.52. The van der Waals surface area contributed by atoms with Gasteiger partial charge in [0.05, 0.1) is 0 Å². The zero-order chi connectivity index (χ0) is 35.5. The van der Waals surface area contributed by atoms with E-state index < -0.39 is 0 Å². The maximum atomic E-state index is 6.88. The van der Waals surface area contributed by atoms with Gasteiger partial charge in [-0.2, -0.15) is 0 Å². The van der Waals surface area contributed by atoms with Crippen molar-refractivity contribution in [2.45, 2.75) is 119 Å². The monoisotopic (exact) mass is 846 g/mol. The zero-order valence-electron chi connectivity index (χ0n) is 31.4. The molecule has 276 valence electrons. The topological polar surface area (TPSA) is 55.4 Å². The minimum absolute atomic E-state index is 0.0459. The predicted octanol–water partition coefficient (Wildman–Crippen LogP) is 12.2. The summed E-state index contributed by atoms with van der Waals surface area (Å²) in [6, 6.07) is 0. The van der Waals surface area contributed by atoms with Gasteiger partial charge in [0.15, 0.2) is 0 Å². The second-order valence-corrected chi connectivity index (χ2v) is 19.0. The molecule has 0 radical (unpaired) electrons. The molecule has 0 amide bonds. The number of hydrogen-bond acceptors (Lipinski definition) is 7. The van der Waals surface area contributed by atoms with Crippen LogP contribution in [0.2, 0.25) is 0 Å². The molecule has 51 heavy (non-hydrogen) atoms. The van der Waals surface area contributed by atoms with Crippen LogP contribution in [0.1, 0.15) is 119 Å². The first-order chi connectivity index (χ1) is 25.1. The zero-order valence-corrected chi connectivity index (χ0v) is 35.6. The van der Waals surface area contributed by atoms with E-state index >= 15 is 0 Å². The van der Waals surface area contributed by atoms with Gasteiger partial charge in [0.25, 0.3) is 0 Å². The number of ether oxygens (including phenoxy) is 6. The number of hydrogen-bond donors (Lipinski definition) is 0. The van der Waals surface area contributed by atoms with E-state index in [9.17, 15) is 0 Å². The van der Waals surface area contributed by atoms with Crippen LogP contribution in [0.15, 0.2) is 0 Å². The summed E-state index contributed by atoms with van der Waals surface area (Å²) in [7, 11) is 0. The Morgan fingerprint density at radius 1 is 0.333 bits per heavy atom. The van der Waals surface area contributed by atoms with Crippen LogP contribution < -0.4 is 28.4 Å². The molecule has 0 N–H and O–H groups in total. The molecule has 0 saturated heterocycles. The van der Waals surface area contributed by atoms with Gasteiger partial charge in [0, 0.05) is 0 Å². The second kappa shape index (κ2) is 16.8. The van der Waals surface area contributed by atoms with Crippen molar-refractivity contribution in [1.82, 2.24) is 0 Å². The van der Waals surface area contributed by atoms with Gasteiger partial charge < -0.3 is 0 Å². The van der Waals surface area contributed by atoms with Gasteiger partial charge in [-0.05, 0) is 0 Å². The molecule has 4 aromatic carbocycles. The molecule has 0 aliphatic rings. The van der Waals surface area contributed by atoms with Crippen molar-refractivity contribution in [3.63, 3.8) is 0 Å². The Kier molecular flexibility index (Phi) is 12.2. The van der Waals surface area contributed by atoms with Gasteiger partial charge in [-0.3, -0.25) is 0 Å². The summed E-state index contributed by atoms with van der Waals surface area (Å²) in [5.74, 6) is 5.70. The van der Waals surface area contributed by atoms with Gasteiger partial charge in [-0.1, -0.05) is 0 Å². The van der Waals surface area contributed by atoms with Gasteiger partial charge in [0.1, 0.15) is 0 Å². The summed E-state index contributed by atoms with van der Waals surface area (Å²) >= 11 is 1.73. The predicted molar refractivity (Wildman–Crippen MR) is 219 cm³/mol. The van der Waals surface area contributed by atoms with Crippen LogP contribution in [0.25, 0.3) is 58.8 Å². The third-order valence-corrected chi connectivity index (χ3v) is 16.0. The molecule has 0 aliphatic heterocycles. The molecular formula is C42H54O6SSe2. The van der Waals surface area contributed by atoms with Crippen molar-refractivity contribution in [3.05, 3.63) is 0 Å². The summed E-state index contributed by atoms with van der Waals surface area (Å²) in [5.41, 5.74) is 0. The minimum atomic E-state index is -0.0459. The van der Waals surface area contributed by atoms with Crippen LogP contribution in [0.4, 0.5) is 0 Å². The van der Waals surface area contributed by atoms with Crippen molar-refractivity contribution < 1.29 is 28.4 Å². The van der Waals surface area contributed by atoms with Gasteiger partial charge in [-0.25, -0.2) is 0 Å². The summed E-state index contributed by atoms with van der Waals surface area (Å²) in [4.78, 5) is 0. The van der Waals surface area contributed by atoms with E-state index in [0.29, 0.717) is 39.6 Å². The summed E-state index contributed by atoms with van der Waals surface area (Å²) in [5, 5.41) is 8.10. The molecule has 0 fully saturated rings. The third-order valence-electron chi connectivity index (χ3n) is 9.80. The fraction of sp³-hybridized carbons (Fsp3) is 0.571. The van der Waals surface area contributed by atoms with Crippen LogP contribution in [0.5, 0.6) is 34.5 Å². The van der Waals surface area contributed by atoms with Gasteiger partial charge in [-0.15, -0.1) is 0 Å². The van der Waals surface area contributed by atoms with E-state index in [1.165, 1.54) is 58.8 Å². The fourth-order valence-electron chi connectivity index (χ4n) is 7.00. The quantitative estimate of drug-likeness (QED) is 0.0343. The average Bonchev–Trinajstić information content (AvgIpc) is 3.83. The number of unbranched alkanes of at least 4 members (excludes halogenated alkanes) is 6. The molecule has 3 aromatic heterocycles. The number of benzene rings is 4. The average molecular weight is 845 g/mol. The van der Waals surface area contributed by atoms with E-state index in [0.717, 1.165) is 112 Å². The first kappa shape index (κ1) is 37.1. The Morgan fingerprint density at radius 3 is 0.843 bits per heavy atom. The Balaban J connectivity index is 1.65. The first-order valence-electron chi connectivity index (χ1n) is 19.7. The van der Waals surface area contributed by atoms with Crippen LogP contribution in [0, 0.1) is 0 Å². The Bertz CT molecular complexity index is 1740. The molecule has 0 atom stereocenters. The molecule has 9 heteroatoms. The summed E-state index contributed by atoms with van der Waals surface area (Å²) in [6.07, 6.45) is 12.5. The fourth-order valence-corrected chi connectivity index (χ4v) is 13.8. The summed E-state index contributed by atoms with van der Waals surface area (Å²) in [6.45, 7) is 17.4. The normalized spacial score (nSPS) is 12.4. The van der Waals surface area contributed by atoms with Crippen molar-refractivity contribution in [3.8, 4) is 34.5 Å². The van der Waals surface area contributed by atoms with Crippen LogP contribution in [-0.4, -0.2) is 68.6 Å². The van der Waals surface area contributed by atoms with Crippen molar-refractivity contribution in [2.24, 2.45) is 0 Å². The van der Waals surface area contributed by atoms with Crippen LogP contribution in [-0.2, 0) is 0 Å². The van der Waals surface area contributed by atoms with E-state index in [2.05, 4.69) is 41.5 Å². The van der Waals surface area contributed by atoms with Crippen LogP contribution >= 0.6 is 11.3 Å². The summed E-state index contributed by atoms with van der Waals surface area (Å²) < 4.78 is 48.8. The van der Waals surface area contributed by atoms with E-state index in [1.807, 2.05) is 11.3 Å². The van der Waals surface area contributed by atoms with Crippen molar-refractivity contribution in [1.29, 1.82) is 0 Å². The maximum absolute atomic E-state index is 6.88. The molecular weight excluding hydrogens is 790 g/mol. The van der Waals surface area contributed by atoms with Crippen molar-refractivity contribution >= 4 is 99.1 Å². The van der Waals surface area contributed by atoms with E-state index in [-0.39, 0.29) is 29.0 Å². The molecule has 0 unspecified atom stereocenters. The number of thiophene rings is 1. The van der Waals surface area contributed by atoms with Crippen molar-refractivity contribution in [2.75, 3.05) is 39.6 Å². The molecule has 0 spiro atoms. The van der Waals surface area contributed by atoms with Gasteiger partial charge >= 0.3 is 320 Å². The molecule has 0 bridgehead atoms. The van der Waals surface area contributed by atoms with Crippen LogP contribution in [0.3, 0.4) is 0 Å². The standard InChI is InChI=1S/C42H54O6SSe2/c1-7-13-19-43-31-33(45-21-15-9-3)39-27-25-26-28-30-29(27)41(50-39)35(47-23-17-11-5)36(48-24-18-12-6)42(30)51-40(28)34(46-22-16-10-4)32(44-20-14-8-2)38(26)49-37(25)31/h7-24H2,1-6H3. The molecule has 6 nitrogen and oxygen atoms in total. The molecule has 0 aliphatic carbocycles. The first-order valence-corrected chi connectivity index (χ1v) is 23.9. The van der Waals surface area contributed by atoms with Gasteiger partial charge in [0.2, 0.25) is 0 Å². The SMILES string of the molecule is CCCCOc1c(OCCCC)c2[se]c3c(OCCCC)c(OCCCC)c4[se]c5c(OCCCC)c(OCCCC)c6sc1c1c6c5c4c3c21.